The lowest BCUT2D eigenvalue weighted by atomic mass is 9.92. The monoisotopic (exact) mass is 290 g/mol. The first-order valence-corrected chi connectivity index (χ1v) is 6.57. The van der Waals surface area contributed by atoms with Crippen molar-refractivity contribution in [1.29, 1.82) is 0 Å². The number of hydrogen-bond donors (Lipinski definition) is 4. The van der Waals surface area contributed by atoms with Crippen molar-refractivity contribution in [3.63, 3.8) is 0 Å². The second kappa shape index (κ2) is 7.70. The molecule has 0 aliphatic carbocycles. The minimum Gasteiger partial charge on any atom is -0.462 e. The number of carbonyl (C=O) groups is 1. The van der Waals surface area contributed by atoms with Crippen LogP contribution in [0.3, 0.4) is 0 Å². The van der Waals surface area contributed by atoms with Gasteiger partial charge in [0.15, 0.2) is 0 Å². The van der Waals surface area contributed by atoms with E-state index in [-0.39, 0.29) is 18.6 Å². The fourth-order valence-corrected chi connectivity index (χ4v) is 1.97. The highest BCUT2D eigenvalue weighted by Gasteiger charge is 2.43. The third kappa shape index (κ3) is 4.00. The van der Waals surface area contributed by atoms with Gasteiger partial charge < -0.3 is 29.9 Å². The highest BCUT2D eigenvalue weighted by Crippen LogP contribution is 2.25. The normalized spacial score (nSPS) is 33.8. The SMILES string of the molecule is C=C(CC1O[C@H](CO)[C@@H](O)[C@H](O)[C@H]1O)C(=O)OCCC. The second-order valence-corrected chi connectivity index (χ2v) is 4.81. The van der Waals surface area contributed by atoms with Crippen LogP contribution in [0.25, 0.3) is 0 Å². The summed E-state index contributed by atoms with van der Waals surface area (Å²) in [5, 5.41) is 38.1. The van der Waals surface area contributed by atoms with Crippen molar-refractivity contribution < 1.29 is 34.7 Å². The first kappa shape index (κ1) is 17.1. The van der Waals surface area contributed by atoms with Gasteiger partial charge in [0.1, 0.15) is 24.4 Å². The molecule has 0 bridgehead atoms. The largest absolute Gasteiger partial charge is 0.462 e. The minimum absolute atomic E-state index is 0.0516. The van der Waals surface area contributed by atoms with Gasteiger partial charge in [-0.05, 0) is 6.42 Å². The lowest BCUT2D eigenvalue weighted by molar-refractivity contribution is -0.228. The molecule has 0 amide bonds. The summed E-state index contributed by atoms with van der Waals surface area (Å²) in [5.74, 6) is -0.594. The molecule has 7 heteroatoms. The number of ether oxygens (including phenoxy) is 2. The fraction of sp³-hybridized carbons (Fsp3) is 0.769. The van der Waals surface area contributed by atoms with Gasteiger partial charge in [-0.2, -0.15) is 0 Å². The van der Waals surface area contributed by atoms with Crippen molar-refractivity contribution in [3.8, 4) is 0 Å². The Kier molecular flexibility index (Phi) is 6.57. The Hall–Kier alpha value is -0.990. The summed E-state index contributed by atoms with van der Waals surface area (Å²) in [6, 6.07) is 0. The maximum atomic E-state index is 11.6. The molecule has 1 aliphatic heterocycles. The van der Waals surface area contributed by atoms with Crippen LogP contribution >= 0.6 is 0 Å². The maximum Gasteiger partial charge on any atom is 0.333 e. The molecule has 116 valence electrons. The molecule has 0 saturated carbocycles. The van der Waals surface area contributed by atoms with E-state index in [1.54, 1.807) is 0 Å². The van der Waals surface area contributed by atoms with Crippen molar-refractivity contribution in [2.45, 2.75) is 50.3 Å². The van der Waals surface area contributed by atoms with Crippen LogP contribution in [0.2, 0.25) is 0 Å². The van der Waals surface area contributed by atoms with Gasteiger partial charge in [-0.3, -0.25) is 0 Å². The first-order valence-electron chi connectivity index (χ1n) is 6.57. The van der Waals surface area contributed by atoms with Gasteiger partial charge >= 0.3 is 5.97 Å². The van der Waals surface area contributed by atoms with Gasteiger partial charge in [-0.1, -0.05) is 13.5 Å². The topological polar surface area (TPSA) is 116 Å². The van der Waals surface area contributed by atoms with Crippen LogP contribution in [-0.4, -0.2) is 70.1 Å². The van der Waals surface area contributed by atoms with Gasteiger partial charge in [0.05, 0.1) is 19.3 Å². The Morgan fingerprint density at radius 1 is 1.20 bits per heavy atom. The quantitative estimate of drug-likeness (QED) is 0.356. The number of rotatable bonds is 6. The molecule has 1 fully saturated rings. The van der Waals surface area contributed by atoms with Crippen LogP contribution in [0.1, 0.15) is 19.8 Å². The van der Waals surface area contributed by atoms with E-state index >= 15 is 0 Å². The second-order valence-electron chi connectivity index (χ2n) is 4.81. The molecule has 0 aromatic heterocycles. The van der Waals surface area contributed by atoms with Crippen molar-refractivity contribution in [2.24, 2.45) is 0 Å². The van der Waals surface area contributed by atoms with Crippen molar-refractivity contribution in [1.82, 2.24) is 0 Å². The zero-order chi connectivity index (χ0) is 15.3. The Bertz CT molecular complexity index is 342. The van der Waals surface area contributed by atoms with Crippen molar-refractivity contribution in [2.75, 3.05) is 13.2 Å². The zero-order valence-electron chi connectivity index (χ0n) is 11.4. The molecule has 1 rings (SSSR count). The summed E-state index contributed by atoms with van der Waals surface area (Å²) in [6.45, 7) is 5.18. The smallest absolute Gasteiger partial charge is 0.333 e. The average Bonchev–Trinajstić information content (AvgIpc) is 2.45. The molecule has 1 aliphatic rings. The number of hydrogen-bond acceptors (Lipinski definition) is 7. The van der Waals surface area contributed by atoms with Crippen LogP contribution in [0, 0.1) is 0 Å². The summed E-state index contributed by atoms with van der Waals surface area (Å²) in [7, 11) is 0. The molecular formula is C13H22O7. The minimum atomic E-state index is -1.45. The van der Waals surface area contributed by atoms with Gasteiger partial charge in [0, 0.05) is 12.0 Å². The van der Waals surface area contributed by atoms with E-state index < -0.39 is 43.1 Å². The highest BCUT2D eigenvalue weighted by atomic mass is 16.5. The molecule has 0 aromatic carbocycles. The van der Waals surface area contributed by atoms with E-state index in [1.165, 1.54) is 0 Å². The number of aliphatic hydroxyl groups is 4. The van der Waals surface area contributed by atoms with Crippen LogP contribution in [-0.2, 0) is 14.3 Å². The molecular weight excluding hydrogens is 268 g/mol. The molecule has 4 N–H and O–H groups in total. The van der Waals surface area contributed by atoms with Crippen LogP contribution in [0.4, 0.5) is 0 Å². The van der Waals surface area contributed by atoms with E-state index in [1.807, 2.05) is 6.92 Å². The molecule has 1 heterocycles. The van der Waals surface area contributed by atoms with E-state index in [0.29, 0.717) is 6.42 Å². The number of esters is 1. The third-order valence-electron chi connectivity index (χ3n) is 3.16. The van der Waals surface area contributed by atoms with Gasteiger partial charge in [0.25, 0.3) is 0 Å². The summed E-state index contributed by atoms with van der Waals surface area (Å²) in [6.07, 6.45) is -5.53. The Morgan fingerprint density at radius 2 is 1.80 bits per heavy atom. The van der Waals surface area contributed by atoms with Gasteiger partial charge in [-0.25, -0.2) is 4.79 Å². The molecule has 1 unspecified atom stereocenters. The maximum absolute atomic E-state index is 11.6. The lowest BCUT2D eigenvalue weighted by Gasteiger charge is -2.40. The summed E-state index contributed by atoms with van der Waals surface area (Å²) >= 11 is 0. The Labute approximate surface area is 117 Å². The molecule has 0 aromatic rings. The Morgan fingerprint density at radius 3 is 2.35 bits per heavy atom. The Balaban J connectivity index is 2.61. The van der Waals surface area contributed by atoms with E-state index in [9.17, 15) is 20.1 Å². The van der Waals surface area contributed by atoms with Crippen molar-refractivity contribution >= 4 is 5.97 Å². The zero-order valence-corrected chi connectivity index (χ0v) is 11.4. The number of carbonyl (C=O) groups excluding carboxylic acids is 1. The fourth-order valence-electron chi connectivity index (χ4n) is 1.97. The first-order chi connectivity index (χ1) is 9.42. The lowest BCUT2D eigenvalue weighted by Crippen LogP contribution is -2.58. The molecule has 1 saturated heterocycles. The molecule has 7 nitrogen and oxygen atoms in total. The van der Waals surface area contributed by atoms with E-state index in [4.69, 9.17) is 14.6 Å². The average molecular weight is 290 g/mol. The molecule has 0 spiro atoms. The van der Waals surface area contributed by atoms with E-state index in [2.05, 4.69) is 6.58 Å². The predicted octanol–water partition coefficient (Wildman–Crippen LogP) is -1.27. The number of aliphatic hydroxyl groups excluding tert-OH is 4. The van der Waals surface area contributed by atoms with Gasteiger partial charge in [-0.15, -0.1) is 0 Å². The highest BCUT2D eigenvalue weighted by molar-refractivity contribution is 5.87. The van der Waals surface area contributed by atoms with Crippen LogP contribution in [0.5, 0.6) is 0 Å². The van der Waals surface area contributed by atoms with Gasteiger partial charge in [0.2, 0.25) is 0 Å². The van der Waals surface area contributed by atoms with E-state index in [0.717, 1.165) is 0 Å². The summed E-state index contributed by atoms with van der Waals surface area (Å²) in [5.41, 5.74) is 0.0998. The van der Waals surface area contributed by atoms with Crippen molar-refractivity contribution in [3.05, 3.63) is 12.2 Å². The predicted molar refractivity (Wildman–Crippen MR) is 68.8 cm³/mol. The summed E-state index contributed by atoms with van der Waals surface area (Å²) < 4.78 is 10.2. The summed E-state index contributed by atoms with van der Waals surface area (Å²) in [4.78, 5) is 11.6. The molecule has 20 heavy (non-hydrogen) atoms. The van der Waals surface area contributed by atoms with Crippen LogP contribution in [0.15, 0.2) is 12.2 Å². The van der Waals surface area contributed by atoms with Crippen LogP contribution < -0.4 is 0 Å². The standard InChI is InChI=1S/C13H22O7/c1-3-4-19-13(18)7(2)5-8-10(15)12(17)11(16)9(6-14)20-8/h8-12,14-17H,2-6H2,1H3/t8?,9-,10+,11-,12-/m1/s1. The molecule has 0 radical (unpaired) electrons. The molecule has 5 atom stereocenters. The third-order valence-corrected chi connectivity index (χ3v) is 3.16.